The molecule has 0 saturated carbocycles. The van der Waals surface area contributed by atoms with Crippen LogP contribution in [0, 0.1) is 0 Å². The van der Waals surface area contributed by atoms with E-state index in [1.807, 2.05) is 6.92 Å². The Hall–Kier alpha value is -2.25. The Bertz CT molecular complexity index is 913. The van der Waals surface area contributed by atoms with Gasteiger partial charge in [0, 0.05) is 11.6 Å². The fraction of sp³-hybridized carbons (Fsp3) is 0.350. The highest BCUT2D eigenvalue weighted by molar-refractivity contribution is 7.93. The third-order valence-electron chi connectivity index (χ3n) is 4.07. The molecule has 0 spiro atoms. The molecule has 0 bridgehead atoms. The predicted octanol–water partition coefficient (Wildman–Crippen LogP) is 4.52. The molecular weight excluding hydrogens is 402 g/mol. The van der Waals surface area contributed by atoms with Gasteiger partial charge in [0.15, 0.2) is 0 Å². The smallest absolute Gasteiger partial charge is 0.338 e. The van der Waals surface area contributed by atoms with Crippen LogP contribution >= 0.6 is 11.6 Å². The summed E-state index contributed by atoms with van der Waals surface area (Å²) < 4.78 is 38.3. The second-order valence-corrected chi connectivity index (χ2v) is 8.26. The molecule has 0 aromatic heterocycles. The van der Waals surface area contributed by atoms with Crippen molar-refractivity contribution in [3.8, 4) is 5.75 Å². The van der Waals surface area contributed by atoms with E-state index in [0.29, 0.717) is 22.7 Å². The van der Waals surface area contributed by atoms with E-state index in [1.54, 1.807) is 37.3 Å². The van der Waals surface area contributed by atoms with E-state index in [1.165, 1.54) is 23.5 Å². The van der Waals surface area contributed by atoms with Crippen molar-refractivity contribution in [3.05, 3.63) is 53.1 Å². The van der Waals surface area contributed by atoms with E-state index >= 15 is 0 Å². The fourth-order valence-electron chi connectivity index (χ4n) is 2.64. The molecule has 0 aliphatic heterocycles. The van der Waals surface area contributed by atoms with Crippen LogP contribution in [0.1, 0.15) is 37.0 Å². The zero-order chi connectivity index (χ0) is 20.7. The zero-order valence-corrected chi connectivity index (χ0v) is 17.7. The number of carbonyl (C=O) groups excluding carboxylic acids is 1. The molecule has 0 aliphatic rings. The summed E-state index contributed by atoms with van der Waals surface area (Å²) in [5.74, 6) is -0.234. The molecule has 28 heavy (non-hydrogen) atoms. The number of unbranched alkanes of at least 4 members (excludes halogenated alkanes) is 1. The molecule has 2 aromatic rings. The number of halogens is 1. The quantitative estimate of drug-likeness (QED) is 0.552. The molecule has 2 aromatic carbocycles. The van der Waals surface area contributed by atoms with E-state index in [2.05, 4.69) is 0 Å². The molecule has 0 aliphatic carbocycles. The second-order valence-electron chi connectivity index (χ2n) is 5.99. The number of hydrogen-bond acceptors (Lipinski definition) is 5. The Morgan fingerprint density at radius 3 is 2.36 bits per heavy atom. The maximum absolute atomic E-state index is 13.4. The first kappa shape index (κ1) is 22.0. The maximum atomic E-state index is 13.4. The summed E-state index contributed by atoms with van der Waals surface area (Å²) in [5.41, 5.74) is 0.808. The fourth-order valence-corrected chi connectivity index (χ4v) is 4.56. The van der Waals surface area contributed by atoms with E-state index in [4.69, 9.17) is 21.1 Å². The maximum Gasteiger partial charge on any atom is 0.338 e. The second kappa shape index (κ2) is 9.80. The van der Waals surface area contributed by atoms with E-state index in [9.17, 15) is 13.2 Å². The van der Waals surface area contributed by atoms with Crippen molar-refractivity contribution < 1.29 is 22.7 Å². The Balaban J connectivity index is 2.48. The van der Waals surface area contributed by atoms with Crippen molar-refractivity contribution in [1.82, 2.24) is 0 Å². The minimum absolute atomic E-state index is 0.00641. The highest BCUT2D eigenvalue weighted by Crippen LogP contribution is 2.32. The van der Waals surface area contributed by atoms with Crippen LogP contribution in [0.4, 0.5) is 5.69 Å². The molecule has 0 unspecified atom stereocenters. The van der Waals surface area contributed by atoms with Crippen LogP contribution in [0.15, 0.2) is 47.4 Å². The van der Waals surface area contributed by atoms with Gasteiger partial charge in [-0.15, -0.1) is 0 Å². The van der Waals surface area contributed by atoms with Crippen LogP contribution in [0.5, 0.6) is 5.75 Å². The molecule has 8 heteroatoms. The lowest BCUT2D eigenvalue weighted by molar-refractivity contribution is 0.0526. The number of nitrogens with zero attached hydrogens (tertiary/aromatic N) is 1. The summed E-state index contributed by atoms with van der Waals surface area (Å²) in [6.07, 6.45) is 1.49. The van der Waals surface area contributed by atoms with Gasteiger partial charge in [-0.25, -0.2) is 13.2 Å². The molecule has 0 atom stereocenters. The van der Waals surface area contributed by atoms with Crippen molar-refractivity contribution >= 4 is 33.3 Å². The van der Waals surface area contributed by atoms with E-state index in [-0.39, 0.29) is 23.8 Å². The molecule has 0 N–H and O–H groups in total. The largest absolute Gasteiger partial charge is 0.495 e. The van der Waals surface area contributed by atoms with Crippen LogP contribution in [0.3, 0.4) is 0 Å². The number of carbonyl (C=O) groups is 1. The molecule has 152 valence electrons. The monoisotopic (exact) mass is 425 g/mol. The number of hydrogen-bond donors (Lipinski definition) is 0. The predicted molar refractivity (Wildman–Crippen MR) is 110 cm³/mol. The lowest BCUT2D eigenvalue weighted by atomic mass is 10.2. The van der Waals surface area contributed by atoms with Crippen LogP contribution in [0.25, 0.3) is 0 Å². The molecule has 6 nitrogen and oxygen atoms in total. The van der Waals surface area contributed by atoms with Gasteiger partial charge < -0.3 is 9.47 Å². The summed E-state index contributed by atoms with van der Waals surface area (Å²) >= 11 is 6.03. The minimum Gasteiger partial charge on any atom is -0.495 e. The van der Waals surface area contributed by atoms with Crippen LogP contribution < -0.4 is 9.04 Å². The number of rotatable bonds is 9. The number of methoxy groups -OCH3 is 1. The van der Waals surface area contributed by atoms with Gasteiger partial charge in [0.2, 0.25) is 0 Å². The summed E-state index contributed by atoms with van der Waals surface area (Å²) in [5, 5.41) is 0.299. The van der Waals surface area contributed by atoms with Gasteiger partial charge in [-0.3, -0.25) is 4.31 Å². The Morgan fingerprint density at radius 1 is 1.11 bits per heavy atom. The van der Waals surface area contributed by atoms with Gasteiger partial charge in [0.1, 0.15) is 10.6 Å². The lowest BCUT2D eigenvalue weighted by Crippen LogP contribution is -2.32. The van der Waals surface area contributed by atoms with Crippen molar-refractivity contribution in [2.24, 2.45) is 0 Å². The Morgan fingerprint density at radius 2 is 1.79 bits per heavy atom. The van der Waals surface area contributed by atoms with Crippen LogP contribution in [0.2, 0.25) is 5.02 Å². The van der Waals surface area contributed by atoms with Gasteiger partial charge >= 0.3 is 5.97 Å². The number of ether oxygens (including phenoxy) is 2. The van der Waals surface area contributed by atoms with Crippen molar-refractivity contribution in [2.75, 3.05) is 24.6 Å². The number of benzene rings is 2. The number of anilines is 1. The third kappa shape index (κ3) is 4.97. The normalized spacial score (nSPS) is 11.1. The van der Waals surface area contributed by atoms with Crippen molar-refractivity contribution in [3.63, 3.8) is 0 Å². The summed E-state index contributed by atoms with van der Waals surface area (Å²) in [7, 11) is -2.52. The molecule has 0 heterocycles. The van der Waals surface area contributed by atoms with E-state index < -0.39 is 16.0 Å². The average molecular weight is 426 g/mol. The summed E-state index contributed by atoms with van der Waals surface area (Å²) in [6.45, 7) is 4.26. The molecule has 0 radical (unpaired) electrons. The first-order valence-corrected chi connectivity index (χ1v) is 10.8. The molecular formula is C20H24ClNO5S. The average Bonchev–Trinajstić information content (AvgIpc) is 2.68. The molecule has 0 amide bonds. The summed E-state index contributed by atoms with van der Waals surface area (Å²) in [4.78, 5) is 11.8. The SMILES string of the molecule is CCCCN(c1ccc(C(=O)OCC)cc1)S(=O)(=O)c1cc(Cl)ccc1OC. The first-order chi connectivity index (χ1) is 13.3. The van der Waals surface area contributed by atoms with E-state index in [0.717, 1.165) is 6.42 Å². The lowest BCUT2D eigenvalue weighted by Gasteiger charge is -2.25. The summed E-state index contributed by atoms with van der Waals surface area (Å²) in [6, 6.07) is 10.8. The molecule has 0 fully saturated rings. The topological polar surface area (TPSA) is 72.9 Å². The Labute approximate surface area is 171 Å². The zero-order valence-electron chi connectivity index (χ0n) is 16.1. The van der Waals surface area contributed by atoms with Gasteiger partial charge in [-0.1, -0.05) is 24.9 Å². The molecule has 2 rings (SSSR count). The van der Waals surface area contributed by atoms with Crippen molar-refractivity contribution in [2.45, 2.75) is 31.6 Å². The molecule has 0 saturated heterocycles. The minimum atomic E-state index is -3.93. The van der Waals surface area contributed by atoms with Crippen LogP contribution in [-0.4, -0.2) is 34.6 Å². The van der Waals surface area contributed by atoms with Gasteiger partial charge in [0.05, 0.1) is 25.0 Å². The van der Waals surface area contributed by atoms with Gasteiger partial charge in [-0.2, -0.15) is 0 Å². The number of esters is 1. The van der Waals surface area contributed by atoms with Gasteiger partial charge in [-0.05, 0) is 55.8 Å². The first-order valence-electron chi connectivity index (χ1n) is 8.98. The standard InChI is InChI=1S/C20H24ClNO5S/c1-4-6-13-22(17-10-7-15(8-11-17)20(23)27-5-2)28(24,25)19-14-16(21)9-12-18(19)26-3/h7-12,14H,4-6,13H2,1-3H3. The van der Waals surface area contributed by atoms with Gasteiger partial charge in [0.25, 0.3) is 10.0 Å². The highest BCUT2D eigenvalue weighted by atomic mass is 35.5. The highest BCUT2D eigenvalue weighted by Gasteiger charge is 2.28. The van der Waals surface area contributed by atoms with Crippen molar-refractivity contribution in [1.29, 1.82) is 0 Å². The third-order valence-corrected chi connectivity index (χ3v) is 6.16. The van der Waals surface area contributed by atoms with Crippen LogP contribution in [-0.2, 0) is 14.8 Å². The number of sulfonamides is 1. The Kier molecular flexibility index (Phi) is 7.71.